The molecule has 55 heavy (non-hydrogen) atoms. The molecule has 1 aliphatic rings. The minimum Gasteiger partial charge on any atom is -0.462 e. The molecule has 1 fully saturated rings. The van der Waals surface area contributed by atoms with Crippen LogP contribution in [0.15, 0.2) is 36.5 Å². The molecule has 4 N–H and O–H groups in total. The van der Waals surface area contributed by atoms with Crippen molar-refractivity contribution in [2.75, 3.05) is 19.8 Å². The van der Waals surface area contributed by atoms with Crippen molar-refractivity contribution in [3.05, 3.63) is 36.5 Å². The van der Waals surface area contributed by atoms with E-state index in [4.69, 9.17) is 18.9 Å². The fourth-order valence-electron chi connectivity index (χ4n) is 6.56. The van der Waals surface area contributed by atoms with Gasteiger partial charge in [0.2, 0.25) is 0 Å². The summed E-state index contributed by atoms with van der Waals surface area (Å²) in [5.41, 5.74) is 0. The van der Waals surface area contributed by atoms with Crippen molar-refractivity contribution in [1.29, 1.82) is 0 Å². The maximum atomic E-state index is 12.7. The second-order valence-corrected chi connectivity index (χ2v) is 15.1. The molecule has 10 nitrogen and oxygen atoms in total. The van der Waals surface area contributed by atoms with E-state index in [9.17, 15) is 30.0 Å². The van der Waals surface area contributed by atoms with E-state index in [2.05, 4.69) is 50.3 Å². The molecular formula is C45H80O10. The van der Waals surface area contributed by atoms with Gasteiger partial charge in [0.05, 0.1) is 13.2 Å². The van der Waals surface area contributed by atoms with E-state index in [1.54, 1.807) is 0 Å². The Kier molecular flexibility index (Phi) is 33.6. The maximum Gasteiger partial charge on any atom is 0.306 e. The molecule has 0 aromatic carbocycles. The molecule has 0 aromatic rings. The van der Waals surface area contributed by atoms with Crippen LogP contribution < -0.4 is 0 Å². The lowest BCUT2D eigenvalue weighted by Crippen LogP contribution is -2.59. The molecule has 1 heterocycles. The Hall–Kier alpha value is -2.08. The minimum absolute atomic E-state index is 0.212. The molecule has 0 radical (unpaired) electrons. The van der Waals surface area contributed by atoms with Gasteiger partial charge in [-0.2, -0.15) is 0 Å². The van der Waals surface area contributed by atoms with Crippen molar-refractivity contribution in [1.82, 2.24) is 0 Å². The van der Waals surface area contributed by atoms with Gasteiger partial charge in [-0.3, -0.25) is 9.59 Å². The van der Waals surface area contributed by atoms with Gasteiger partial charge in [0.25, 0.3) is 0 Å². The van der Waals surface area contributed by atoms with E-state index >= 15 is 0 Å². The quantitative estimate of drug-likeness (QED) is 0.0275. The highest BCUT2D eigenvalue weighted by Gasteiger charge is 2.44. The smallest absolute Gasteiger partial charge is 0.306 e. The second-order valence-electron chi connectivity index (χ2n) is 15.1. The number of unbranched alkanes of at least 4 members (excludes halogenated alkanes) is 19. The fourth-order valence-corrected chi connectivity index (χ4v) is 6.56. The molecule has 1 aliphatic heterocycles. The average Bonchev–Trinajstić information content (AvgIpc) is 3.18. The third-order valence-electron chi connectivity index (χ3n) is 10.0. The van der Waals surface area contributed by atoms with Gasteiger partial charge in [0, 0.05) is 12.8 Å². The Morgan fingerprint density at radius 2 is 1.07 bits per heavy atom. The molecule has 6 atom stereocenters. The first-order valence-electron chi connectivity index (χ1n) is 22.1. The number of aliphatic hydroxyl groups excluding tert-OH is 4. The first kappa shape index (κ1) is 50.9. The van der Waals surface area contributed by atoms with Crippen LogP contribution in [-0.2, 0) is 28.5 Å². The first-order chi connectivity index (χ1) is 26.8. The normalized spacial score (nSPS) is 20.9. The Labute approximate surface area is 334 Å². The zero-order chi connectivity index (χ0) is 40.2. The summed E-state index contributed by atoms with van der Waals surface area (Å²) in [6.45, 7) is 3.30. The topological polar surface area (TPSA) is 152 Å². The molecule has 10 heteroatoms. The zero-order valence-electron chi connectivity index (χ0n) is 34.7. The number of ether oxygens (including phenoxy) is 4. The molecule has 0 aliphatic carbocycles. The SMILES string of the molecule is CC/C=C/C/C=C/C/C=C/CCCCCCCC(=O)OC(COC(=O)CCCCCCCCCCCCCCCCC)COC1OC(CO)C(O)C(O)C1O. The molecule has 6 unspecified atom stereocenters. The van der Waals surface area contributed by atoms with Crippen molar-refractivity contribution in [3.8, 4) is 0 Å². The third kappa shape index (κ3) is 28.0. The highest BCUT2D eigenvalue weighted by Crippen LogP contribution is 2.22. The molecule has 0 aromatic heterocycles. The maximum absolute atomic E-state index is 12.7. The van der Waals surface area contributed by atoms with Gasteiger partial charge < -0.3 is 39.4 Å². The molecule has 0 spiro atoms. The zero-order valence-corrected chi connectivity index (χ0v) is 34.7. The van der Waals surface area contributed by atoms with E-state index in [1.807, 2.05) is 0 Å². The van der Waals surface area contributed by atoms with E-state index in [-0.39, 0.29) is 32.0 Å². The average molecular weight is 781 g/mol. The summed E-state index contributed by atoms with van der Waals surface area (Å²) in [5.74, 6) is -0.822. The molecule has 0 saturated carbocycles. The number of hydrogen-bond donors (Lipinski definition) is 4. The van der Waals surface area contributed by atoms with Gasteiger partial charge in [-0.25, -0.2) is 0 Å². The summed E-state index contributed by atoms with van der Waals surface area (Å²) in [6.07, 6.45) is 32.9. The van der Waals surface area contributed by atoms with Crippen LogP contribution in [0.2, 0.25) is 0 Å². The molecule has 0 amide bonds. The van der Waals surface area contributed by atoms with Crippen molar-refractivity contribution in [2.24, 2.45) is 0 Å². The Balaban J connectivity index is 2.34. The Morgan fingerprint density at radius 3 is 1.62 bits per heavy atom. The van der Waals surface area contributed by atoms with Crippen molar-refractivity contribution < 1.29 is 49.0 Å². The highest BCUT2D eigenvalue weighted by molar-refractivity contribution is 5.70. The standard InChI is InChI=1S/C45H80O10/c1-3-5-7-9-11-13-15-17-19-21-23-25-27-29-31-33-40(47)52-36-38(37-53-45-44(51)43(50)42(49)39(35-46)55-45)54-41(48)34-32-30-28-26-24-22-20-18-16-14-12-10-8-6-4-2/h6,8,12,14,18,20,38-39,42-46,49-51H,3-5,7,9-11,13,15-17,19,21-37H2,1-2H3/b8-6+,14-12+,20-18+. The van der Waals surface area contributed by atoms with Crippen LogP contribution in [0.25, 0.3) is 0 Å². The van der Waals surface area contributed by atoms with Crippen LogP contribution in [0, 0.1) is 0 Å². The summed E-state index contributed by atoms with van der Waals surface area (Å²) < 4.78 is 22.1. The lowest BCUT2D eigenvalue weighted by molar-refractivity contribution is -0.305. The van der Waals surface area contributed by atoms with Crippen LogP contribution >= 0.6 is 0 Å². The van der Waals surface area contributed by atoms with Crippen molar-refractivity contribution in [3.63, 3.8) is 0 Å². The second kappa shape index (κ2) is 36.3. The number of carbonyl (C=O) groups excluding carboxylic acids is 2. The number of allylic oxidation sites excluding steroid dienone is 6. The number of hydrogen-bond acceptors (Lipinski definition) is 10. The molecular weight excluding hydrogens is 700 g/mol. The van der Waals surface area contributed by atoms with Crippen LogP contribution in [0.5, 0.6) is 0 Å². The number of rotatable bonds is 36. The lowest BCUT2D eigenvalue weighted by atomic mass is 9.99. The van der Waals surface area contributed by atoms with Gasteiger partial charge in [0.15, 0.2) is 12.4 Å². The number of carbonyl (C=O) groups is 2. The third-order valence-corrected chi connectivity index (χ3v) is 10.0. The van der Waals surface area contributed by atoms with Crippen LogP contribution in [0.3, 0.4) is 0 Å². The Morgan fingerprint density at radius 1 is 0.582 bits per heavy atom. The molecule has 1 saturated heterocycles. The van der Waals surface area contributed by atoms with Gasteiger partial charge in [-0.1, -0.05) is 159 Å². The monoisotopic (exact) mass is 781 g/mol. The molecule has 0 bridgehead atoms. The van der Waals surface area contributed by atoms with E-state index in [0.29, 0.717) is 6.42 Å². The van der Waals surface area contributed by atoms with E-state index in [1.165, 1.54) is 77.0 Å². The predicted molar refractivity (Wildman–Crippen MR) is 219 cm³/mol. The minimum atomic E-state index is -1.60. The fraction of sp³-hybridized carbons (Fsp3) is 0.822. The van der Waals surface area contributed by atoms with Crippen molar-refractivity contribution >= 4 is 11.9 Å². The molecule has 320 valence electrons. The summed E-state index contributed by atoms with van der Waals surface area (Å²) in [4.78, 5) is 25.3. The van der Waals surface area contributed by atoms with Gasteiger partial charge in [-0.05, 0) is 44.9 Å². The first-order valence-corrected chi connectivity index (χ1v) is 22.1. The highest BCUT2D eigenvalue weighted by atomic mass is 16.7. The number of aliphatic hydroxyl groups is 4. The summed E-state index contributed by atoms with van der Waals surface area (Å²) in [7, 11) is 0. The summed E-state index contributed by atoms with van der Waals surface area (Å²) in [6, 6.07) is 0. The van der Waals surface area contributed by atoms with Gasteiger partial charge >= 0.3 is 11.9 Å². The predicted octanol–water partition coefficient (Wildman–Crippen LogP) is 9.11. The Bertz CT molecular complexity index is 996. The van der Waals surface area contributed by atoms with E-state index in [0.717, 1.165) is 70.6 Å². The van der Waals surface area contributed by atoms with Crippen LogP contribution in [0.4, 0.5) is 0 Å². The van der Waals surface area contributed by atoms with Gasteiger partial charge in [-0.15, -0.1) is 0 Å². The van der Waals surface area contributed by atoms with Crippen LogP contribution in [0.1, 0.15) is 181 Å². The summed E-state index contributed by atoms with van der Waals surface area (Å²) >= 11 is 0. The molecule has 1 rings (SSSR count). The van der Waals surface area contributed by atoms with Crippen molar-refractivity contribution in [2.45, 2.75) is 218 Å². The number of esters is 2. The van der Waals surface area contributed by atoms with Crippen LogP contribution in [-0.4, -0.2) is 89.0 Å². The summed E-state index contributed by atoms with van der Waals surface area (Å²) in [5, 5.41) is 40.0. The van der Waals surface area contributed by atoms with Gasteiger partial charge in [0.1, 0.15) is 31.0 Å². The van der Waals surface area contributed by atoms with E-state index < -0.39 is 49.4 Å². The largest absolute Gasteiger partial charge is 0.462 e. The lowest BCUT2D eigenvalue weighted by Gasteiger charge is -2.39.